The summed E-state index contributed by atoms with van der Waals surface area (Å²) in [5.74, 6) is -0.0829. The first-order valence-corrected chi connectivity index (χ1v) is 20.5. The van der Waals surface area contributed by atoms with Crippen LogP contribution in [0.15, 0.2) is 69.7 Å². The minimum atomic E-state index is -4.59. The molecular formula is C44H44Cl2F6N5NaO7. The zero-order valence-electron chi connectivity index (χ0n) is 36.0. The Morgan fingerprint density at radius 3 is 1.54 bits per heavy atom. The van der Waals surface area contributed by atoms with E-state index in [9.17, 15) is 31.1 Å². The molecule has 4 aromatic carbocycles. The number of hydrogen-bond donors (Lipinski definition) is 1. The molecule has 2 N–H and O–H groups in total. The molecule has 0 aliphatic heterocycles. The maximum atomic E-state index is 13.1. The van der Waals surface area contributed by atoms with E-state index in [-0.39, 0.29) is 62.5 Å². The summed E-state index contributed by atoms with van der Waals surface area (Å²) in [7, 11) is 3.71. The molecule has 0 aliphatic rings. The molecule has 2 aromatic heterocycles. The fourth-order valence-electron chi connectivity index (χ4n) is 6.77. The quantitative estimate of drug-likeness (QED) is 0.0403. The summed E-state index contributed by atoms with van der Waals surface area (Å²) in [5.41, 5.74) is 1.39. The summed E-state index contributed by atoms with van der Waals surface area (Å²) in [4.78, 5) is 18.2. The number of carbonyl (C=O) groups is 1. The van der Waals surface area contributed by atoms with Gasteiger partial charge in [-0.2, -0.15) is 26.3 Å². The van der Waals surface area contributed by atoms with Gasteiger partial charge in [-0.1, -0.05) is 66.3 Å². The Labute approximate surface area is 402 Å². The second-order valence-electron chi connectivity index (χ2n) is 14.4. The minimum Gasteiger partial charge on any atom is -0.870 e. The third kappa shape index (κ3) is 13.6. The van der Waals surface area contributed by atoms with Gasteiger partial charge in [-0.15, -0.1) is 0 Å². The van der Waals surface area contributed by atoms with Crippen LogP contribution in [-0.2, 0) is 25.2 Å². The molecule has 0 amide bonds. The van der Waals surface area contributed by atoms with E-state index >= 15 is 0 Å². The minimum absolute atomic E-state index is 0. The van der Waals surface area contributed by atoms with Gasteiger partial charge >= 0.3 is 47.9 Å². The van der Waals surface area contributed by atoms with Gasteiger partial charge in [0.25, 0.3) is 0 Å². The predicted octanol–water partition coefficient (Wildman–Crippen LogP) is 9.79. The van der Waals surface area contributed by atoms with Crippen molar-refractivity contribution in [3.63, 3.8) is 0 Å². The summed E-state index contributed by atoms with van der Waals surface area (Å²) in [6.45, 7) is 12.8. The molecule has 65 heavy (non-hydrogen) atoms. The molecule has 344 valence electrons. The first-order valence-electron chi connectivity index (χ1n) is 19.7. The van der Waals surface area contributed by atoms with E-state index in [4.69, 9.17) is 53.4 Å². The SMILES string of the molecule is CCCc1c(OCCCN(C)c2ccc(C(=O)O)cc2Cl)ccc2c(C(F)(F)F)noc12.[C-]#[N+]c1ccc(N(C)CCCOc2ccc3c(C(F)(F)F)noc3c2CCC)c(Cl)c1.[Na+].[OH-]. The van der Waals surface area contributed by atoms with E-state index in [1.165, 1.54) is 30.3 Å². The smallest absolute Gasteiger partial charge is 0.870 e. The van der Waals surface area contributed by atoms with Gasteiger partial charge in [-0.3, -0.25) is 0 Å². The molecule has 0 bridgehead atoms. The van der Waals surface area contributed by atoms with Gasteiger partial charge in [0.2, 0.25) is 0 Å². The number of halogens is 8. The molecule has 0 aliphatic carbocycles. The second-order valence-corrected chi connectivity index (χ2v) is 15.2. The molecule has 6 aromatic rings. The molecular weight excluding hydrogens is 918 g/mol. The van der Waals surface area contributed by atoms with Crippen LogP contribution in [0, 0.1) is 6.57 Å². The molecule has 0 fully saturated rings. The number of benzene rings is 4. The molecule has 21 heteroatoms. The van der Waals surface area contributed by atoms with E-state index in [2.05, 4.69) is 15.2 Å². The van der Waals surface area contributed by atoms with Crippen molar-refractivity contribution >= 4 is 68.2 Å². The van der Waals surface area contributed by atoms with E-state index in [1.807, 2.05) is 37.7 Å². The van der Waals surface area contributed by atoms with Crippen molar-refractivity contribution in [1.82, 2.24) is 10.3 Å². The maximum absolute atomic E-state index is 13.1. The maximum Gasteiger partial charge on any atom is 1.00 e. The van der Waals surface area contributed by atoms with Gasteiger partial charge in [0.1, 0.15) is 11.5 Å². The monoisotopic (exact) mass is 961 g/mol. The van der Waals surface area contributed by atoms with Gasteiger partial charge in [-0.25, -0.2) is 9.64 Å². The van der Waals surface area contributed by atoms with Crippen molar-refractivity contribution in [1.29, 1.82) is 0 Å². The van der Waals surface area contributed by atoms with E-state index in [0.717, 1.165) is 12.1 Å². The van der Waals surface area contributed by atoms with Crippen LogP contribution in [0.25, 0.3) is 26.8 Å². The molecule has 0 radical (unpaired) electrons. The van der Waals surface area contributed by atoms with Crippen molar-refractivity contribution in [3.8, 4) is 11.5 Å². The van der Waals surface area contributed by atoms with Crippen LogP contribution in [0.3, 0.4) is 0 Å². The van der Waals surface area contributed by atoms with Crippen molar-refractivity contribution < 1.29 is 89.8 Å². The number of nitrogens with zero attached hydrogens (tertiary/aromatic N) is 5. The normalized spacial score (nSPS) is 11.2. The van der Waals surface area contributed by atoms with E-state index in [1.54, 1.807) is 30.3 Å². The van der Waals surface area contributed by atoms with Crippen molar-refractivity contribution in [2.45, 2.75) is 64.7 Å². The number of carboxylic acids is 1. The molecule has 0 spiro atoms. The molecule has 2 heterocycles. The number of anilines is 2. The summed E-state index contributed by atoms with van der Waals surface area (Å²) in [5, 5.41) is 16.2. The Hall–Kier alpha value is -4.90. The van der Waals surface area contributed by atoms with Crippen molar-refractivity contribution in [2.75, 3.05) is 50.2 Å². The first-order chi connectivity index (χ1) is 29.9. The summed E-state index contributed by atoms with van der Waals surface area (Å²) in [6, 6.07) is 15.4. The van der Waals surface area contributed by atoms with Crippen LogP contribution in [0.4, 0.5) is 43.4 Å². The Kier molecular flexibility index (Phi) is 20.1. The van der Waals surface area contributed by atoms with Crippen molar-refractivity contribution in [2.24, 2.45) is 0 Å². The first kappa shape index (κ1) is 54.4. The van der Waals surface area contributed by atoms with Crippen LogP contribution in [-0.4, -0.2) is 67.3 Å². The average molecular weight is 963 g/mol. The number of fused-ring (bicyclic) bond motifs is 2. The number of alkyl halides is 6. The van der Waals surface area contributed by atoms with Crippen LogP contribution in [0.5, 0.6) is 11.5 Å². The number of aryl methyl sites for hydroxylation is 2. The largest absolute Gasteiger partial charge is 1.00 e. The van der Waals surface area contributed by atoms with Crippen molar-refractivity contribution in [3.05, 3.63) is 110 Å². The number of carboxylic acid groups (broad SMARTS) is 1. The Bertz CT molecular complexity index is 2580. The van der Waals surface area contributed by atoms with E-state index in [0.29, 0.717) is 102 Å². The summed E-state index contributed by atoms with van der Waals surface area (Å²) >= 11 is 12.4. The topological polar surface area (TPSA) is 149 Å². The van der Waals surface area contributed by atoms with Crippen LogP contribution >= 0.6 is 23.2 Å². The fourth-order valence-corrected chi connectivity index (χ4v) is 7.41. The molecule has 0 unspecified atom stereocenters. The third-order valence-corrected chi connectivity index (χ3v) is 10.4. The van der Waals surface area contributed by atoms with Gasteiger partial charge in [-0.05, 0) is 80.3 Å². The van der Waals surface area contributed by atoms with Gasteiger partial charge in [0.05, 0.1) is 57.5 Å². The Morgan fingerprint density at radius 2 is 1.17 bits per heavy atom. The molecule has 6 rings (SSSR count). The van der Waals surface area contributed by atoms with Crippen LogP contribution in [0.2, 0.25) is 10.0 Å². The van der Waals surface area contributed by atoms with Gasteiger partial charge < -0.3 is 38.9 Å². The summed E-state index contributed by atoms with van der Waals surface area (Å²) < 4.78 is 101. The third-order valence-electron chi connectivity index (χ3n) is 9.81. The number of rotatable bonds is 17. The predicted molar refractivity (Wildman–Crippen MR) is 231 cm³/mol. The molecule has 12 nitrogen and oxygen atoms in total. The van der Waals surface area contributed by atoms with Gasteiger partial charge in [0.15, 0.2) is 28.2 Å². The number of ether oxygens (including phenoxy) is 2. The fraction of sp³-hybridized carbons (Fsp3) is 0.364. The molecule has 0 saturated carbocycles. The van der Waals surface area contributed by atoms with Crippen LogP contribution < -0.4 is 48.8 Å². The zero-order chi connectivity index (χ0) is 46.1. The van der Waals surface area contributed by atoms with Crippen LogP contribution in [0.1, 0.15) is 72.4 Å². The zero-order valence-corrected chi connectivity index (χ0v) is 39.6. The molecule has 0 atom stereocenters. The van der Waals surface area contributed by atoms with E-state index < -0.39 is 29.7 Å². The second kappa shape index (κ2) is 24.0. The molecule has 0 saturated heterocycles. The number of aromatic carboxylic acids is 1. The Morgan fingerprint density at radius 1 is 0.738 bits per heavy atom. The number of hydrogen-bond acceptors (Lipinski definition) is 10. The number of aromatic nitrogens is 2. The Balaban J connectivity index is 0.000000335. The average Bonchev–Trinajstić information content (AvgIpc) is 3.88. The summed E-state index contributed by atoms with van der Waals surface area (Å²) in [6.07, 6.45) is -5.48. The van der Waals surface area contributed by atoms with Gasteiger partial charge in [0, 0.05) is 38.3 Å². The standard InChI is InChI=1S/C22H21ClF3N3O2.C22H22ClF3N2O4.Na.H2O/c1-4-6-15-19(10-8-16-20(15)31-28-21(16)22(24,25)26)30-12-5-11-29(3)18-9-7-14(27-2)13-17(18)23;1-3-5-14-18(9-7-15-19(14)32-27-20(15)22(24,25)26)31-11-4-10-28(2)17-8-6-13(21(29)30)12-16(17)23;;/h7-10,13H,4-6,11-12H2,1,3H3;6-9,12H,3-5,10-11H2,1-2H3,(H,29,30);;1H2/q;;+1;/p-1.